The van der Waals surface area contributed by atoms with Crippen molar-refractivity contribution in [1.82, 2.24) is 0 Å². The van der Waals surface area contributed by atoms with E-state index in [1.54, 1.807) is 13.2 Å². The first-order chi connectivity index (χ1) is 7.19. The summed E-state index contributed by atoms with van der Waals surface area (Å²) in [5, 5.41) is 1.30. The fraction of sp³-hybridized carbons (Fsp3) is 0.455. The lowest BCUT2D eigenvalue weighted by Gasteiger charge is -2.09. The Morgan fingerprint density at radius 2 is 2.00 bits per heavy atom. The van der Waals surface area contributed by atoms with E-state index in [9.17, 15) is 0 Å². The van der Waals surface area contributed by atoms with Gasteiger partial charge >= 0.3 is 0 Å². The van der Waals surface area contributed by atoms with Crippen LogP contribution in [0.4, 0.5) is 0 Å². The molecule has 0 spiro atoms. The molecular formula is C11H15Cl2NO. The van der Waals surface area contributed by atoms with Gasteiger partial charge in [0.25, 0.3) is 0 Å². The van der Waals surface area contributed by atoms with Crippen LogP contribution >= 0.6 is 23.2 Å². The minimum Gasteiger partial charge on any atom is -0.495 e. The Bertz CT molecular complexity index is 329. The molecule has 0 unspecified atom stereocenters. The van der Waals surface area contributed by atoms with Gasteiger partial charge in [0.15, 0.2) is 0 Å². The van der Waals surface area contributed by atoms with Gasteiger partial charge in [0, 0.05) is 11.1 Å². The van der Waals surface area contributed by atoms with Crippen LogP contribution in [0.25, 0.3) is 0 Å². The zero-order valence-corrected chi connectivity index (χ0v) is 10.2. The van der Waals surface area contributed by atoms with Crippen molar-refractivity contribution in [3.63, 3.8) is 0 Å². The molecule has 0 heterocycles. The first-order valence-electron chi connectivity index (χ1n) is 4.91. The van der Waals surface area contributed by atoms with E-state index in [1.807, 2.05) is 6.07 Å². The number of halogens is 2. The molecule has 0 amide bonds. The monoisotopic (exact) mass is 247 g/mol. The number of aryl methyl sites for hydroxylation is 1. The minimum absolute atomic E-state index is 0.631. The summed E-state index contributed by atoms with van der Waals surface area (Å²) in [6, 6.07) is 3.60. The van der Waals surface area contributed by atoms with Gasteiger partial charge in [-0.2, -0.15) is 0 Å². The molecular weight excluding hydrogens is 233 g/mol. The number of hydrogen-bond acceptors (Lipinski definition) is 2. The fourth-order valence-corrected chi connectivity index (χ4v) is 1.92. The third-order valence-electron chi connectivity index (χ3n) is 2.20. The van der Waals surface area contributed by atoms with E-state index in [-0.39, 0.29) is 0 Å². The molecule has 0 atom stereocenters. The molecule has 4 heteroatoms. The highest BCUT2D eigenvalue weighted by Crippen LogP contribution is 2.32. The second kappa shape index (κ2) is 6.21. The predicted octanol–water partition coefficient (Wildman–Crippen LogP) is 3.28. The van der Waals surface area contributed by atoms with Crippen molar-refractivity contribution < 1.29 is 4.74 Å². The lowest BCUT2D eigenvalue weighted by molar-refractivity contribution is 0.414. The molecule has 0 radical (unpaired) electrons. The van der Waals surface area contributed by atoms with Crippen LogP contribution in [-0.4, -0.2) is 13.7 Å². The van der Waals surface area contributed by atoms with E-state index in [2.05, 4.69) is 0 Å². The topological polar surface area (TPSA) is 35.2 Å². The zero-order valence-electron chi connectivity index (χ0n) is 8.72. The first-order valence-corrected chi connectivity index (χ1v) is 5.66. The van der Waals surface area contributed by atoms with Gasteiger partial charge in [-0.05, 0) is 37.4 Å². The van der Waals surface area contributed by atoms with Crippen molar-refractivity contribution in [3.05, 3.63) is 27.7 Å². The third-order valence-corrected chi connectivity index (χ3v) is 2.85. The van der Waals surface area contributed by atoms with Crippen LogP contribution in [0.1, 0.15) is 18.4 Å². The Morgan fingerprint density at radius 3 is 2.60 bits per heavy atom. The first kappa shape index (κ1) is 12.6. The highest BCUT2D eigenvalue weighted by atomic mass is 35.5. The third kappa shape index (κ3) is 3.56. The summed E-state index contributed by atoms with van der Waals surface area (Å²) in [6.45, 7) is 0.704. The number of unbranched alkanes of at least 4 members (excludes halogenated alkanes) is 1. The average Bonchev–Trinajstić information content (AvgIpc) is 2.23. The number of methoxy groups -OCH3 is 1. The van der Waals surface area contributed by atoms with Gasteiger partial charge in [0.1, 0.15) is 5.75 Å². The van der Waals surface area contributed by atoms with Crippen LogP contribution in [-0.2, 0) is 6.42 Å². The predicted molar refractivity (Wildman–Crippen MR) is 65.0 cm³/mol. The maximum Gasteiger partial charge on any atom is 0.139 e. The molecule has 0 saturated heterocycles. The molecule has 0 fully saturated rings. The summed E-state index contributed by atoms with van der Waals surface area (Å²) < 4.78 is 5.13. The van der Waals surface area contributed by atoms with Gasteiger partial charge in [-0.3, -0.25) is 0 Å². The standard InChI is InChI=1S/C11H15Cl2NO/c1-15-10-7-9(12)6-8(11(10)13)4-2-3-5-14/h6-7H,2-5,14H2,1H3. The zero-order chi connectivity index (χ0) is 11.3. The van der Waals surface area contributed by atoms with E-state index in [1.165, 1.54) is 0 Å². The van der Waals surface area contributed by atoms with Gasteiger partial charge in [0.05, 0.1) is 12.1 Å². The average molecular weight is 248 g/mol. The summed E-state index contributed by atoms with van der Waals surface area (Å²) >= 11 is 12.1. The number of hydrogen-bond donors (Lipinski definition) is 1. The molecule has 0 aliphatic heterocycles. The summed E-state index contributed by atoms with van der Waals surface area (Å²) in [6.07, 6.45) is 2.89. The van der Waals surface area contributed by atoms with Crippen molar-refractivity contribution in [2.24, 2.45) is 5.73 Å². The second-order valence-electron chi connectivity index (χ2n) is 3.33. The van der Waals surface area contributed by atoms with Crippen LogP contribution in [0.2, 0.25) is 10.0 Å². The maximum absolute atomic E-state index is 6.14. The number of benzene rings is 1. The van der Waals surface area contributed by atoms with Gasteiger partial charge < -0.3 is 10.5 Å². The van der Waals surface area contributed by atoms with Crippen LogP contribution in [0, 0.1) is 0 Å². The van der Waals surface area contributed by atoms with E-state index in [0.717, 1.165) is 24.8 Å². The Balaban J connectivity index is 2.81. The van der Waals surface area contributed by atoms with Crippen molar-refractivity contribution in [2.45, 2.75) is 19.3 Å². The summed E-state index contributed by atoms with van der Waals surface area (Å²) in [5.74, 6) is 0.631. The Morgan fingerprint density at radius 1 is 1.27 bits per heavy atom. The molecule has 2 N–H and O–H groups in total. The summed E-state index contributed by atoms with van der Waals surface area (Å²) in [5.41, 5.74) is 6.46. The largest absolute Gasteiger partial charge is 0.495 e. The van der Waals surface area contributed by atoms with E-state index < -0.39 is 0 Å². The Kier molecular flexibility index (Phi) is 5.23. The molecule has 0 aromatic heterocycles. The Labute approximate surface area is 100 Å². The second-order valence-corrected chi connectivity index (χ2v) is 4.14. The minimum atomic E-state index is 0.631. The molecule has 1 rings (SSSR count). The van der Waals surface area contributed by atoms with Gasteiger partial charge in [-0.25, -0.2) is 0 Å². The van der Waals surface area contributed by atoms with Gasteiger partial charge in [-0.1, -0.05) is 23.2 Å². The molecule has 1 aromatic carbocycles. The molecule has 0 saturated carbocycles. The smallest absolute Gasteiger partial charge is 0.139 e. The lowest BCUT2D eigenvalue weighted by atomic mass is 10.1. The van der Waals surface area contributed by atoms with E-state index in [4.69, 9.17) is 33.7 Å². The van der Waals surface area contributed by atoms with Crippen LogP contribution in [0.5, 0.6) is 5.75 Å². The van der Waals surface area contributed by atoms with E-state index >= 15 is 0 Å². The molecule has 0 bridgehead atoms. The molecule has 2 nitrogen and oxygen atoms in total. The van der Waals surface area contributed by atoms with Crippen molar-refractivity contribution >= 4 is 23.2 Å². The maximum atomic E-state index is 6.14. The van der Waals surface area contributed by atoms with Crippen LogP contribution < -0.4 is 10.5 Å². The molecule has 0 aliphatic carbocycles. The molecule has 15 heavy (non-hydrogen) atoms. The fourth-order valence-electron chi connectivity index (χ4n) is 1.41. The van der Waals surface area contributed by atoms with E-state index in [0.29, 0.717) is 22.3 Å². The normalized spacial score (nSPS) is 10.4. The number of rotatable bonds is 5. The quantitative estimate of drug-likeness (QED) is 0.811. The van der Waals surface area contributed by atoms with Crippen LogP contribution in [0.15, 0.2) is 12.1 Å². The van der Waals surface area contributed by atoms with Gasteiger partial charge in [0.2, 0.25) is 0 Å². The van der Waals surface area contributed by atoms with Crippen molar-refractivity contribution in [1.29, 1.82) is 0 Å². The highest BCUT2D eigenvalue weighted by Gasteiger charge is 2.08. The van der Waals surface area contributed by atoms with Crippen molar-refractivity contribution in [3.8, 4) is 5.75 Å². The van der Waals surface area contributed by atoms with Gasteiger partial charge in [-0.15, -0.1) is 0 Å². The summed E-state index contributed by atoms with van der Waals surface area (Å²) in [7, 11) is 1.58. The highest BCUT2D eigenvalue weighted by molar-refractivity contribution is 6.34. The molecule has 0 aliphatic rings. The molecule has 1 aromatic rings. The van der Waals surface area contributed by atoms with Crippen molar-refractivity contribution in [2.75, 3.05) is 13.7 Å². The summed E-state index contributed by atoms with van der Waals surface area (Å²) in [4.78, 5) is 0. The number of nitrogens with two attached hydrogens (primary N) is 1. The number of ether oxygens (including phenoxy) is 1. The van der Waals surface area contributed by atoms with Crippen LogP contribution in [0.3, 0.4) is 0 Å². The lowest BCUT2D eigenvalue weighted by Crippen LogP contribution is -1.99. The Hall–Kier alpha value is -0.440. The molecule has 84 valence electrons. The SMILES string of the molecule is COc1cc(Cl)cc(CCCCN)c1Cl.